The molecule has 1 saturated heterocycles. The van der Waals surface area contributed by atoms with Crippen LogP contribution in [0.2, 0.25) is 0 Å². The Morgan fingerprint density at radius 2 is 2.19 bits per heavy atom. The van der Waals surface area contributed by atoms with Crippen LogP contribution in [0.15, 0.2) is 30.5 Å². The molecular formula is C19H24N4O3. The fourth-order valence-electron chi connectivity index (χ4n) is 3.23. The SMILES string of the molecule is COc1ccccc1CC(=O)N1CCC(c2ncc(CNC(C)=O)[nH]2)C1. The molecule has 0 bridgehead atoms. The van der Waals surface area contributed by atoms with E-state index in [9.17, 15) is 9.59 Å². The van der Waals surface area contributed by atoms with Gasteiger partial charge in [0.1, 0.15) is 11.6 Å². The number of nitrogens with zero attached hydrogens (tertiary/aromatic N) is 2. The lowest BCUT2D eigenvalue weighted by molar-refractivity contribution is -0.129. The number of amides is 2. The monoisotopic (exact) mass is 356 g/mol. The zero-order valence-electron chi connectivity index (χ0n) is 15.1. The smallest absolute Gasteiger partial charge is 0.227 e. The van der Waals surface area contributed by atoms with Gasteiger partial charge in [0.05, 0.1) is 32.0 Å². The quantitative estimate of drug-likeness (QED) is 0.823. The number of aromatic nitrogens is 2. The van der Waals surface area contributed by atoms with Crippen molar-refractivity contribution in [3.63, 3.8) is 0 Å². The largest absolute Gasteiger partial charge is 0.496 e. The lowest BCUT2D eigenvalue weighted by Crippen LogP contribution is -2.30. The molecule has 1 aliphatic rings. The Morgan fingerprint density at radius 1 is 1.38 bits per heavy atom. The number of benzene rings is 1. The van der Waals surface area contributed by atoms with Crippen LogP contribution in [-0.2, 0) is 22.6 Å². The number of ether oxygens (including phenoxy) is 1. The third-order valence-corrected chi connectivity index (χ3v) is 4.64. The summed E-state index contributed by atoms with van der Waals surface area (Å²) in [6.45, 7) is 3.30. The van der Waals surface area contributed by atoms with Crippen LogP contribution in [0.1, 0.15) is 36.3 Å². The summed E-state index contributed by atoms with van der Waals surface area (Å²) in [7, 11) is 1.62. The predicted octanol–water partition coefficient (Wildman–Crippen LogP) is 1.61. The Kier molecular flexibility index (Phi) is 5.55. The van der Waals surface area contributed by atoms with E-state index in [4.69, 9.17) is 4.74 Å². The molecule has 26 heavy (non-hydrogen) atoms. The molecule has 0 spiro atoms. The van der Waals surface area contributed by atoms with Gasteiger partial charge in [-0.3, -0.25) is 9.59 Å². The second kappa shape index (κ2) is 8.03. The number of carbonyl (C=O) groups excluding carboxylic acids is 2. The van der Waals surface area contributed by atoms with E-state index >= 15 is 0 Å². The van der Waals surface area contributed by atoms with Crippen molar-refractivity contribution in [1.82, 2.24) is 20.2 Å². The molecule has 2 N–H and O–H groups in total. The highest BCUT2D eigenvalue weighted by molar-refractivity contribution is 5.80. The van der Waals surface area contributed by atoms with Gasteiger partial charge in [0.15, 0.2) is 0 Å². The number of carbonyl (C=O) groups is 2. The molecule has 2 aromatic rings. The first-order valence-corrected chi connectivity index (χ1v) is 8.74. The number of hydrogen-bond acceptors (Lipinski definition) is 4. The Bertz CT molecular complexity index is 787. The first-order chi connectivity index (χ1) is 12.6. The molecule has 7 heteroatoms. The van der Waals surface area contributed by atoms with Crippen molar-refractivity contribution in [3.8, 4) is 5.75 Å². The summed E-state index contributed by atoms with van der Waals surface area (Å²) in [5, 5.41) is 2.74. The lowest BCUT2D eigenvalue weighted by Gasteiger charge is -2.17. The molecule has 138 valence electrons. The van der Waals surface area contributed by atoms with Crippen LogP contribution in [0.25, 0.3) is 0 Å². The minimum absolute atomic E-state index is 0.0740. The van der Waals surface area contributed by atoms with Crippen LogP contribution >= 0.6 is 0 Å². The molecule has 0 saturated carbocycles. The molecule has 0 aliphatic carbocycles. The molecular weight excluding hydrogens is 332 g/mol. The van der Waals surface area contributed by atoms with E-state index in [1.807, 2.05) is 29.2 Å². The third kappa shape index (κ3) is 4.22. The van der Waals surface area contributed by atoms with Gasteiger partial charge in [0.25, 0.3) is 0 Å². The normalized spacial score (nSPS) is 16.5. The van der Waals surface area contributed by atoms with E-state index < -0.39 is 0 Å². The summed E-state index contributed by atoms with van der Waals surface area (Å²) in [6, 6.07) is 7.60. The number of nitrogens with one attached hydrogen (secondary N) is 2. The van der Waals surface area contributed by atoms with E-state index in [1.54, 1.807) is 13.3 Å². The zero-order valence-corrected chi connectivity index (χ0v) is 15.1. The minimum atomic E-state index is -0.0740. The van der Waals surface area contributed by atoms with Gasteiger partial charge < -0.3 is 19.9 Å². The maximum absolute atomic E-state index is 12.6. The molecule has 2 amide bonds. The highest BCUT2D eigenvalue weighted by Crippen LogP contribution is 2.26. The third-order valence-electron chi connectivity index (χ3n) is 4.64. The summed E-state index contributed by atoms with van der Waals surface area (Å²) in [5.41, 5.74) is 1.77. The van der Waals surface area contributed by atoms with Crippen molar-refractivity contribution in [2.75, 3.05) is 20.2 Å². The van der Waals surface area contributed by atoms with Gasteiger partial charge in [-0.25, -0.2) is 4.98 Å². The van der Waals surface area contributed by atoms with Crippen molar-refractivity contribution in [2.45, 2.75) is 32.2 Å². The Labute approximate surface area is 152 Å². The van der Waals surface area contributed by atoms with Crippen LogP contribution in [0.3, 0.4) is 0 Å². The average Bonchev–Trinajstić information content (AvgIpc) is 3.29. The minimum Gasteiger partial charge on any atom is -0.496 e. The molecule has 1 unspecified atom stereocenters. The number of para-hydroxylation sites is 1. The number of hydrogen-bond donors (Lipinski definition) is 2. The van der Waals surface area contributed by atoms with Crippen LogP contribution in [-0.4, -0.2) is 46.9 Å². The topological polar surface area (TPSA) is 87.3 Å². The van der Waals surface area contributed by atoms with Gasteiger partial charge >= 0.3 is 0 Å². The molecule has 2 heterocycles. The van der Waals surface area contributed by atoms with Gasteiger partial charge in [0, 0.05) is 31.5 Å². The number of imidazole rings is 1. The summed E-state index contributed by atoms with van der Waals surface area (Å²) >= 11 is 0. The zero-order chi connectivity index (χ0) is 18.5. The van der Waals surface area contributed by atoms with Gasteiger partial charge in [-0.15, -0.1) is 0 Å². The molecule has 7 nitrogen and oxygen atoms in total. The highest BCUT2D eigenvalue weighted by Gasteiger charge is 2.29. The maximum atomic E-state index is 12.6. The van der Waals surface area contributed by atoms with Gasteiger partial charge in [0.2, 0.25) is 11.8 Å². The molecule has 1 aromatic carbocycles. The van der Waals surface area contributed by atoms with Crippen LogP contribution in [0.4, 0.5) is 0 Å². The molecule has 1 aromatic heterocycles. The Hall–Kier alpha value is -2.83. The molecule has 3 rings (SSSR count). The first-order valence-electron chi connectivity index (χ1n) is 8.74. The Balaban J connectivity index is 1.58. The van der Waals surface area contributed by atoms with E-state index in [0.717, 1.165) is 35.8 Å². The van der Waals surface area contributed by atoms with Crippen molar-refractivity contribution in [1.29, 1.82) is 0 Å². The molecule has 1 aliphatic heterocycles. The number of rotatable bonds is 6. The number of aromatic amines is 1. The van der Waals surface area contributed by atoms with E-state index in [1.165, 1.54) is 6.92 Å². The molecule has 0 radical (unpaired) electrons. The lowest BCUT2D eigenvalue weighted by atomic mass is 10.1. The number of methoxy groups -OCH3 is 1. The van der Waals surface area contributed by atoms with Crippen molar-refractivity contribution < 1.29 is 14.3 Å². The maximum Gasteiger partial charge on any atom is 0.227 e. The van der Waals surface area contributed by atoms with Gasteiger partial charge in [-0.2, -0.15) is 0 Å². The van der Waals surface area contributed by atoms with Crippen molar-refractivity contribution in [3.05, 3.63) is 47.5 Å². The second-order valence-corrected chi connectivity index (χ2v) is 6.52. The van der Waals surface area contributed by atoms with Crippen LogP contribution < -0.4 is 10.1 Å². The van der Waals surface area contributed by atoms with E-state index in [-0.39, 0.29) is 17.7 Å². The Morgan fingerprint density at radius 3 is 2.96 bits per heavy atom. The van der Waals surface area contributed by atoms with Crippen LogP contribution in [0.5, 0.6) is 5.75 Å². The standard InChI is InChI=1S/C19H24N4O3/c1-13(24)20-10-16-11-21-19(22-16)15-7-8-23(12-15)18(25)9-14-5-3-4-6-17(14)26-2/h3-6,11,15H,7-10,12H2,1-2H3,(H,20,24)(H,21,22). The van der Waals surface area contributed by atoms with Gasteiger partial charge in [-0.05, 0) is 12.5 Å². The molecule has 1 atom stereocenters. The summed E-state index contributed by atoms with van der Waals surface area (Å²) in [4.78, 5) is 33.2. The van der Waals surface area contributed by atoms with Crippen molar-refractivity contribution >= 4 is 11.8 Å². The average molecular weight is 356 g/mol. The van der Waals surface area contributed by atoms with Crippen molar-refractivity contribution in [2.24, 2.45) is 0 Å². The number of likely N-dealkylation sites (tertiary alicyclic amines) is 1. The first kappa shape index (κ1) is 18.0. The fraction of sp³-hybridized carbons (Fsp3) is 0.421. The summed E-state index contributed by atoms with van der Waals surface area (Å²) in [6.07, 6.45) is 2.96. The summed E-state index contributed by atoms with van der Waals surface area (Å²) < 4.78 is 5.33. The second-order valence-electron chi connectivity index (χ2n) is 6.52. The van der Waals surface area contributed by atoms with Gasteiger partial charge in [-0.1, -0.05) is 18.2 Å². The molecule has 1 fully saturated rings. The fourth-order valence-corrected chi connectivity index (χ4v) is 3.23. The van der Waals surface area contributed by atoms with Crippen LogP contribution in [0, 0.1) is 0 Å². The number of H-pyrrole nitrogens is 1. The van der Waals surface area contributed by atoms with E-state index in [0.29, 0.717) is 19.5 Å². The summed E-state index contributed by atoms with van der Waals surface area (Å²) in [5.74, 6) is 1.84. The highest BCUT2D eigenvalue weighted by atomic mass is 16.5. The predicted molar refractivity (Wildman–Crippen MR) is 96.7 cm³/mol. The van der Waals surface area contributed by atoms with E-state index in [2.05, 4.69) is 15.3 Å².